The number of rotatable bonds is 4. The van der Waals surface area contributed by atoms with Gasteiger partial charge < -0.3 is 10.6 Å². The zero-order chi connectivity index (χ0) is 13.8. The Morgan fingerprint density at radius 3 is 3.05 bits per heavy atom. The van der Waals surface area contributed by atoms with E-state index in [1.165, 1.54) is 36.1 Å². The second-order valence-corrected chi connectivity index (χ2v) is 5.66. The van der Waals surface area contributed by atoms with Crippen molar-refractivity contribution in [2.45, 2.75) is 38.5 Å². The van der Waals surface area contributed by atoms with E-state index >= 15 is 0 Å². The predicted octanol–water partition coefficient (Wildman–Crippen LogP) is 3.27. The van der Waals surface area contributed by atoms with Crippen LogP contribution >= 0.6 is 0 Å². The Morgan fingerprint density at radius 1 is 1.25 bits per heavy atom. The van der Waals surface area contributed by atoms with Crippen molar-refractivity contribution in [1.82, 2.24) is 5.32 Å². The number of carbonyl (C=O) groups is 1. The van der Waals surface area contributed by atoms with Gasteiger partial charge in [-0.2, -0.15) is 0 Å². The Morgan fingerprint density at radius 2 is 2.20 bits per heavy atom. The van der Waals surface area contributed by atoms with Crippen molar-refractivity contribution in [3.05, 3.63) is 41.0 Å². The molecule has 0 radical (unpaired) electrons. The van der Waals surface area contributed by atoms with Gasteiger partial charge in [0.15, 0.2) is 0 Å². The summed E-state index contributed by atoms with van der Waals surface area (Å²) in [5.74, 6) is 0.0528. The van der Waals surface area contributed by atoms with Gasteiger partial charge in [0.25, 0.3) is 5.91 Å². The molecule has 1 heterocycles. The Bertz CT molecular complexity index is 534. The molecule has 3 nitrogen and oxygen atoms in total. The van der Waals surface area contributed by atoms with Crippen LogP contribution in [0, 0.1) is 0 Å². The molecule has 0 saturated carbocycles. The Balaban J connectivity index is 1.56. The first-order valence-electron chi connectivity index (χ1n) is 7.66. The number of allylic oxidation sites excluding steroid dienone is 1. The number of carbonyl (C=O) groups excluding carboxylic acids is 1. The summed E-state index contributed by atoms with van der Waals surface area (Å²) < 4.78 is 0. The second-order valence-electron chi connectivity index (χ2n) is 5.66. The molecular formula is C17H22N2O. The van der Waals surface area contributed by atoms with E-state index in [-0.39, 0.29) is 5.91 Å². The van der Waals surface area contributed by atoms with E-state index in [9.17, 15) is 4.79 Å². The molecule has 3 heteroatoms. The van der Waals surface area contributed by atoms with Crippen LogP contribution in [-0.2, 0) is 6.42 Å². The fraction of sp³-hybridized carbons (Fsp3) is 0.471. The largest absolute Gasteiger partial charge is 0.385 e. The molecule has 1 aromatic rings. The summed E-state index contributed by atoms with van der Waals surface area (Å²) >= 11 is 0. The van der Waals surface area contributed by atoms with Gasteiger partial charge in [-0.05, 0) is 62.3 Å². The lowest BCUT2D eigenvalue weighted by Crippen LogP contribution is -2.25. The number of amides is 1. The summed E-state index contributed by atoms with van der Waals surface area (Å²) in [6.07, 6.45) is 9.22. The summed E-state index contributed by atoms with van der Waals surface area (Å²) in [6.45, 7) is 1.79. The molecular weight excluding hydrogens is 248 g/mol. The SMILES string of the molecule is O=C(NCCC1=CCCC1)c1ccc2c(c1)CCCN2. The molecule has 0 spiro atoms. The standard InChI is InChI=1S/C17H22N2O/c20-17(19-11-9-13-4-1-2-5-13)15-7-8-16-14(12-15)6-3-10-18-16/h4,7-8,12,18H,1-3,5-6,9-11H2,(H,19,20). The van der Waals surface area contributed by atoms with Gasteiger partial charge in [-0.1, -0.05) is 11.6 Å². The Labute approximate surface area is 120 Å². The molecule has 0 unspecified atom stereocenters. The summed E-state index contributed by atoms with van der Waals surface area (Å²) in [5.41, 5.74) is 4.74. The summed E-state index contributed by atoms with van der Waals surface area (Å²) in [5, 5.41) is 6.40. The molecule has 0 aromatic heterocycles. The molecule has 2 N–H and O–H groups in total. The van der Waals surface area contributed by atoms with Gasteiger partial charge >= 0.3 is 0 Å². The fourth-order valence-corrected chi connectivity index (χ4v) is 3.02. The van der Waals surface area contributed by atoms with E-state index in [1.54, 1.807) is 0 Å². The van der Waals surface area contributed by atoms with Gasteiger partial charge in [0.05, 0.1) is 0 Å². The summed E-state index contributed by atoms with van der Waals surface area (Å²) in [4.78, 5) is 12.2. The maximum atomic E-state index is 12.2. The third kappa shape index (κ3) is 3.03. The molecule has 0 atom stereocenters. The quantitative estimate of drug-likeness (QED) is 0.824. The molecule has 2 aliphatic rings. The van der Waals surface area contributed by atoms with Crippen LogP contribution in [0.5, 0.6) is 0 Å². The highest BCUT2D eigenvalue weighted by molar-refractivity contribution is 5.95. The first kappa shape index (κ1) is 13.2. The van der Waals surface area contributed by atoms with Crippen LogP contribution in [0.1, 0.15) is 48.0 Å². The zero-order valence-corrected chi connectivity index (χ0v) is 11.9. The van der Waals surface area contributed by atoms with Crippen LogP contribution < -0.4 is 10.6 Å². The third-order valence-corrected chi connectivity index (χ3v) is 4.17. The number of fused-ring (bicyclic) bond motifs is 1. The molecule has 106 valence electrons. The van der Waals surface area contributed by atoms with Crippen molar-refractivity contribution in [3.8, 4) is 0 Å². The minimum absolute atomic E-state index is 0.0528. The van der Waals surface area contributed by atoms with Gasteiger partial charge in [-0.15, -0.1) is 0 Å². The number of hydrogen-bond donors (Lipinski definition) is 2. The highest BCUT2D eigenvalue weighted by atomic mass is 16.1. The van der Waals surface area contributed by atoms with Crippen molar-refractivity contribution in [2.75, 3.05) is 18.4 Å². The van der Waals surface area contributed by atoms with Gasteiger partial charge in [0.2, 0.25) is 0 Å². The van der Waals surface area contributed by atoms with E-state index in [0.717, 1.165) is 37.9 Å². The van der Waals surface area contributed by atoms with Crippen LogP contribution in [0.15, 0.2) is 29.8 Å². The lowest BCUT2D eigenvalue weighted by Gasteiger charge is -2.18. The minimum atomic E-state index is 0.0528. The van der Waals surface area contributed by atoms with Gasteiger partial charge in [-0.3, -0.25) is 4.79 Å². The van der Waals surface area contributed by atoms with Crippen molar-refractivity contribution >= 4 is 11.6 Å². The predicted molar refractivity (Wildman–Crippen MR) is 82.1 cm³/mol. The minimum Gasteiger partial charge on any atom is -0.385 e. The zero-order valence-electron chi connectivity index (χ0n) is 11.9. The third-order valence-electron chi connectivity index (χ3n) is 4.17. The average molecular weight is 270 g/mol. The van der Waals surface area contributed by atoms with E-state index in [2.05, 4.69) is 16.7 Å². The fourth-order valence-electron chi connectivity index (χ4n) is 3.02. The van der Waals surface area contributed by atoms with Crippen LogP contribution in [0.25, 0.3) is 0 Å². The average Bonchev–Trinajstić information content (AvgIpc) is 3.00. The second kappa shape index (κ2) is 6.12. The van der Waals surface area contributed by atoms with Crippen LogP contribution in [0.2, 0.25) is 0 Å². The molecule has 20 heavy (non-hydrogen) atoms. The first-order chi connectivity index (χ1) is 9.83. The number of nitrogens with one attached hydrogen (secondary N) is 2. The molecule has 3 rings (SSSR count). The molecule has 1 amide bonds. The number of benzene rings is 1. The maximum absolute atomic E-state index is 12.2. The smallest absolute Gasteiger partial charge is 0.251 e. The number of anilines is 1. The van der Waals surface area contributed by atoms with Gasteiger partial charge in [0.1, 0.15) is 0 Å². The van der Waals surface area contributed by atoms with E-state index in [1.807, 2.05) is 18.2 Å². The monoisotopic (exact) mass is 270 g/mol. The highest BCUT2D eigenvalue weighted by Gasteiger charge is 2.12. The van der Waals surface area contributed by atoms with E-state index < -0.39 is 0 Å². The molecule has 0 fully saturated rings. The molecule has 0 saturated heterocycles. The van der Waals surface area contributed by atoms with E-state index in [0.29, 0.717) is 0 Å². The van der Waals surface area contributed by atoms with Crippen LogP contribution in [-0.4, -0.2) is 19.0 Å². The van der Waals surface area contributed by atoms with Crippen molar-refractivity contribution in [2.24, 2.45) is 0 Å². The lowest BCUT2D eigenvalue weighted by molar-refractivity contribution is 0.0954. The van der Waals surface area contributed by atoms with Crippen molar-refractivity contribution in [3.63, 3.8) is 0 Å². The highest BCUT2D eigenvalue weighted by Crippen LogP contribution is 2.23. The van der Waals surface area contributed by atoms with E-state index in [4.69, 9.17) is 0 Å². The van der Waals surface area contributed by atoms with Crippen LogP contribution in [0.4, 0.5) is 5.69 Å². The van der Waals surface area contributed by atoms with Crippen molar-refractivity contribution < 1.29 is 4.79 Å². The Hall–Kier alpha value is -1.77. The Kier molecular flexibility index (Phi) is 4.05. The molecule has 1 aliphatic carbocycles. The topological polar surface area (TPSA) is 41.1 Å². The van der Waals surface area contributed by atoms with Gasteiger partial charge in [0, 0.05) is 24.3 Å². The summed E-state index contributed by atoms with van der Waals surface area (Å²) in [7, 11) is 0. The normalized spacial score (nSPS) is 17.1. The maximum Gasteiger partial charge on any atom is 0.251 e. The molecule has 1 aromatic carbocycles. The lowest BCUT2D eigenvalue weighted by atomic mass is 10.0. The summed E-state index contributed by atoms with van der Waals surface area (Å²) in [6, 6.07) is 5.98. The molecule has 0 bridgehead atoms. The van der Waals surface area contributed by atoms with Crippen LogP contribution in [0.3, 0.4) is 0 Å². The molecule has 1 aliphatic heterocycles. The van der Waals surface area contributed by atoms with Gasteiger partial charge in [-0.25, -0.2) is 0 Å². The first-order valence-corrected chi connectivity index (χ1v) is 7.66. The van der Waals surface area contributed by atoms with Crippen molar-refractivity contribution in [1.29, 1.82) is 0 Å². The number of aryl methyl sites for hydroxylation is 1. The number of hydrogen-bond acceptors (Lipinski definition) is 2.